The molecule has 4 nitrogen and oxygen atoms in total. The molecule has 0 saturated heterocycles. The van der Waals surface area contributed by atoms with Gasteiger partial charge in [0.1, 0.15) is 5.75 Å². The Morgan fingerprint density at radius 1 is 1.42 bits per heavy atom. The number of nitrogens with two attached hydrogens (primary N) is 1. The molecule has 0 unspecified atom stereocenters. The normalized spacial score (nSPS) is 10.9. The van der Waals surface area contributed by atoms with Gasteiger partial charge in [-0.25, -0.2) is 4.98 Å². The number of rotatable bonds is 5. The van der Waals surface area contributed by atoms with E-state index in [1.165, 1.54) is 5.69 Å². The van der Waals surface area contributed by atoms with Crippen LogP contribution in [0.2, 0.25) is 0 Å². The number of nitrogens with zero attached hydrogens (tertiary/aromatic N) is 2. The highest BCUT2D eigenvalue weighted by Gasteiger charge is 2.08. The van der Waals surface area contributed by atoms with Crippen molar-refractivity contribution in [2.75, 3.05) is 12.8 Å². The van der Waals surface area contributed by atoms with E-state index in [1.54, 1.807) is 18.9 Å². The fourth-order valence-electron chi connectivity index (χ4n) is 1.83. The number of hydrogen-bond acceptors (Lipinski definition) is 4. The molecule has 0 atom stereocenters. The van der Waals surface area contributed by atoms with Crippen LogP contribution in [0.1, 0.15) is 25.6 Å². The quantitative estimate of drug-likeness (QED) is 0.672. The van der Waals surface area contributed by atoms with Gasteiger partial charge in [-0.2, -0.15) is 0 Å². The zero-order valence-electron chi connectivity index (χ0n) is 11.5. The second kappa shape index (κ2) is 6.02. The van der Waals surface area contributed by atoms with Crippen LogP contribution in [0.15, 0.2) is 35.6 Å². The van der Waals surface area contributed by atoms with E-state index >= 15 is 0 Å². The highest BCUT2D eigenvalue weighted by atomic mass is 32.2. The van der Waals surface area contributed by atoms with E-state index in [0.717, 1.165) is 22.1 Å². The number of anilines is 1. The van der Waals surface area contributed by atoms with E-state index in [1.807, 2.05) is 30.7 Å². The van der Waals surface area contributed by atoms with Crippen molar-refractivity contribution in [3.8, 4) is 5.75 Å². The molecule has 19 heavy (non-hydrogen) atoms. The highest BCUT2D eigenvalue weighted by Crippen LogP contribution is 2.31. The van der Waals surface area contributed by atoms with Crippen LogP contribution in [0.4, 0.5) is 5.69 Å². The molecule has 0 aliphatic heterocycles. The first-order valence-corrected chi connectivity index (χ1v) is 7.17. The Morgan fingerprint density at radius 3 is 2.89 bits per heavy atom. The molecule has 5 heteroatoms. The van der Waals surface area contributed by atoms with Gasteiger partial charge in [0, 0.05) is 34.3 Å². The lowest BCUT2D eigenvalue weighted by Gasteiger charge is -2.12. The molecule has 2 aromatic rings. The highest BCUT2D eigenvalue weighted by molar-refractivity contribution is 7.98. The van der Waals surface area contributed by atoms with Crippen molar-refractivity contribution in [1.82, 2.24) is 9.55 Å². The van der Waals surface area contributed by atoms with Gasteiger partial charge in [-0.05, 0) is 32.0 Å². The van der Waals surface area contributed by atoms with Gasteiger partial charge in [-0.15, -0.1) is 11.8 Å². The maximum Gasteiger partial charge on any atom is 0.120 e. The van der Waals surface area contributed by atoms with Crippen molar-refractivity contribution in [3.63, 3.8) is 0 Å². The van der Waals surface area contributed by atoms with Crippen LogP contribution >= 0.6 is 11.8 Å². The van der Waals surface area contributed by atoms with Crippen molar-refractivity contribution < 1.29 is 4.74 Å². The second-order valence-electron chi connectivity index (χ2n) is 4.58. The van der Waals surface area contributed by atoms with Crippen LogP contribution in [-0.2, 0) is 5.75 Å². The van der Waals surface area contributed by atoms with E-state index in [0.29, 0.717) is 6.04 Å². The third-order valence-corrected chi connectivity index (χ3v) is 4.00. The van der Waals surface area contributed by atoms with Crippen molar-refractivity contribution in [3.05, 3.63) is 36.4 Å². The molecule has 2 rings (SSSR count). The topological polar surface area (TPSA) is 53.1 Å². The monoisotopic (exact) mass is 277 g/mol. The molecule has 0 aliphatic carbocycles. The fraction of sp³-hybridized carbons (Fsp3) is 0.357. The number of thioether (sulfide) groups is 1. The number of hydrogen-bond donors (Lipinski definition) is 1. The summed E-state index contributed by atoms with van der Waals surface area (Å²) in [5, 5.41) is 0. The van der Waals surface area contributed by atoms with Gasteiger partial charge < -0.3 is 15.0 Å². The maximum absolute atomic E-state index is 5.98. The number of nitrogen functional groups attached to an aromatic ring is 1. The molecule has 0 aliphatic rings. The average molecular weight is 277 g/mol. The van der Waals surface area contributed by atoms with E-state index in [4.69, 9.17) is 10.5 Å². The first-order chi connectivity index (χ1) is 9.11. The Bertz CT molecular complexity index is 551. The molecule has 0 fully saturated rings. The van der Waals surface area contributed by atoms with Gasteiger partial charge >= 0.3 is 0 Å². The number of benzene rings is 1. The second-order valence-corrected chi connectivity index (χ2v) is 5.60. The third kappa shape index (κ3) is 3.23. The van der Waals surface area contributed by atoms with Crippen LogP contribution in [0, 0.1) is 0 Å². The molecule has 0 radical (unpaired) electrons. The minimum atomic E-state index is 0.417. The Morgan fingerprint density at radius 2 is 2.21 bits per heavy atom. The molecule has 2 N–H and O–H groups in total. The Balaban J connectivity index is 2.12. The smallest absolute Gasteiger partial charge is 0.120 e. The lowest BCUT2D eigenvalue weighted by Crippen LogP contribution is -2.03. The van der Waals surface area contributed by atoms with E-state index in [9.17, 15) is 0 Å². The summed E-state index contributed by atoms with van der Waals surface area (Å²) in [6, 6.07) is 6.13. The summed E-state index contributed by atoms with van der Waals surface area (Å²) in [4.78, 5) is 5.24. The van der Waals surface area contributed by atoms with Gasteiger partial charge in [-0.1, -0.05) is 0 Å². The van der Waals surface area contributed by atoms with Gasteiger partial charge in [0.05, 0.1) is 13.4 Å². The van der Waals surface area contributed by atoms with Crippen molar-refractivity contribution in [1.29, 1.82) is 0 Å². The van der Waals surface area contributed by atoms with Gasteiger partial charge in [-0.3, -0.25) is 0 Å². The van der Waals surface area contributed by atoms with Crippen molar-refractivity contribution in [2.24, 2.45) is 0 Å². The standard InChI is InChI=1S/C14H19N3OS/c1-10(2)17-9-16-7-11(17)8-19-14-6-12(18-3)4-5-13(14)15/h4-7,9-10H,8,15H2,1-3H3. The summed E-state index contributed by atoms with van der Waals surface area (Å²) >= 11 is 1.70. The van der Waals surface area contributed by atoms with Crippen LogP contribution in [0.5, 0.6) is 5.75 Å². The Hall–Kier alpha value is -1.62. The van der Waals surface area contributed by atoms with Gasteiger partial charge in [0.25, 0.3) is 0 Å². The molecule has 0 spiro atoms. The first-order valence-electron chi connectivity index (χ1n) is 6.19. The fourth-order valence-corrected chi connectivity index (χ4v) is 2.79. The van der Waals surface area contributed by atoms with Crippen LogP contribution in [0.3, 0.4) is 0 Å². The number of imidazole rings is 1. The minimum Gasteiger partial charge on any atom is -0.497 e. The Kier molecular flexibility index (Phi) is 4.37. The lowest BCUT2D eigenvalue weighted by molar-refractivity contribution is 0.414. The molecule has 0 amide bonds. The van der Waals surface area contributed by atoms with Gasteiger partial charge in [0.2, 0.25) is 0 Å². The van der Waals surface area contributed by atoms with Crippen molar-refractivity contribution >= 4 is 17.4 Å². The molecule has 1 heterocycles. The molecule has 1 aromatic heterocycles. The number of ether oxygens (including phenoxy) is 1. The first kappa shape index (κ1) is 13.8. The SMILES string of the molecule is COc1ccc(N)c(SCc2cncn2C(C)C)c1. The zero-order valence-corrected chi connectivity index (χ0v) is 12.3. The summed E-state index contributed by atoms with van der Waals surface area (Å²) in [7, 11) is 1.66. The van der Waals surface area contributed by atoms with Crippen LogP contribution in [0.25, 0.3) is 0 Å². The number of aromatic nitrogens is 2. The largest absolute Gasteiger partial charge is 0.497 e. The molecular formula is C14H19N3OS. The Labute approximate surface area is 118 Å². The number of methoxy groups -OCH3 is 1. The summed E-state index contributed by atoms with van der Waals surface area (Å²) in [5.41, 5.74) is 7.96. The van der Waals surface area contributed by atoms with Crippen LogP contribution < -0.4 is 10.5 Å². The summed E-state index contributed by atoms with van der Waals surface area (Å²) in [5.74, 6) is 1.67. The van der Waals surface area contributed by atoms with Crippen molar-refractivity contribution in [2.45, 2.75) is 30.5 Å². The average Bonchev–Trinajstić information content (AvgIpc) is 2.86. The maximum atomic E-state index is 5.98. The van der Waals surface area contributed by atoms with E-state index in [2.05, 4.69) is 23.4 Å². The minimum absolute atomic E-state index is 0.417. The molecular weight excluding hydrogens is 258 g/mol. The third-order valence-electron chi connectivity index (χ3n) is 2.90. The molecule has 1 aromatic carbocycles. The molecule has 0 saturated carbocycles. The summed E-state index contributed by atoms with van der Waals surface area (Å²) in [6.45, 7) is 4.30. The predicted octanol–water partition coefficient (Wildman–Crippen LogP) is 3.35. The summed E-state index contributed by atoms with van der Waals surface area (Å²) in [6.07, 6.45) is 3.78. The predicted molar refractivity (Wildman–Crippen MR) is 79.6 cm³/mol. The zero-order chi connectivity index (χ0) is 13.8. The molecule has 102 valence electrons. The van der Waals surface area contributed by atoms with Gasteiger partial charge in [0.15, 0.2) is 0 Å². The van der Waals surface area contributed by atoms with E-state index in [-0.39, 0.29) is 0 Å². The van der Waals surface area contributed by atoms with E-state index < -0.39 is 0 Å². The lowest BCUT2D eigenvalue weighted by atomic mass is 10.3. The van der Waals surface area contributed by atoms with Crippen LogP contribution in [-0.4, -0.2) is 16.7 Å². The summed E-state index contributed by atoms with van der Waals surface area (Å²) < 4.78 is 7.39. The molecule has 0 bridgehead atoms.